The second-order valence-corrected chi connectivity index (χ2v) is 6.15. The standard InChI is InChI=1S/C19H13FN2O7/c20-13-4-2-1-3-12(13)16-15(18(26)19(27)21(16)9-14(23)24)17(25)10-5-7-11(8-6-10)22(28)29/h1-8,16,25H,9H2,(H,23,24)/b17-15+. The first kappa shape index (κ1) is 19.7. The lowest BCUT2D eigenvalue weighted by Gasteiger charge is -2.24. The maximum atomic E-state index is 14.4. The molecule has 3 rings (SSSR count). The molecule has 29 heavy (non-hydrogen) atoms. The van der Waals surface area contributed by atoms with Crippen LogP contribution in [0.1, 0.15) is 17.2 Å². The van der Waals surface area contributed by atoms with Gasteiger partial charge in [0.2, 0.25) is 0 Å². The van der Waals surface area contributed by atoms with Gasteiger partial charge in [0.1, 0.15) is 18.1 Å². The van der Waals surface area contributed by atoms with Gasteiger partial charge in [0, 0.05) is 23.3 Å². The number of carboxylic acid groups (broad SMARTS) is 1. The van der Waals surface area contributed by atoms with Gasteiger partial charge >= 0.3 is 5.97 Å². The van der Waals surface area contributed by atoms with Crippen molar-refractivity contribution in [2.24, 2.45) is 0 Å². The summed E-state index contributed by atoms with van der Waals surface area (Å²) in [4.78, 5) is 46.9. The number of non-ortho nitro benzene ring substituents is 1. The number of aliphatic hydroxyl groups excluding tert-OH is 1. The molecule has 0 radical (unpaired) electrons. The highest BCUT2D eigenvalue weighted by Crippen LogP contribution is 2.40. The molecule has 1 unspecified atom stereocenters. The van der Waals surface area contributed by atoms with Crippen molar-refractivity contribution in [3.63, 3.8) is 0 Å². The number of likely N-dealkylation sites (tertiary alicyclic amines) is 1. The van der Waals surface area contributed by atoms with E-state index < -0.39 is 52.3 Å². The number of nitro benzene ring substituents is 1. The highest BCUT2D eigenvalue weighted by atomic mass is 19.1. The lowest BCUT2D eigenvalue weighted by Crippen LogP contribution is -2.34. The number of aliphatic carboxylic acids is 1. The number of rotatable bonds is 5. The number of benzene rings is 2. The maximum Gasteiger partial charge on any atom is 0.323 e. The zero-order valence-corrected chi connectivity index (χ0v) is 14.6. The summed E-state index contributed by atoms with van der Waals surface area (Å²) >= 11 is 0. The minimum absolute atomic E-state index is 0.0229. The number of nitrogens with zero attached hydrogens (tertiary/aromatic N) is 2. The SMILES string of the molecule is O=C(O)CN1C(=O)C(=O)/C(=C(/O)c2ccc([N+](=O)[O-])cc2)C1c1ccccc1F. The zero-order valence-electron chi connectivity index (χ0n) is 14.6. The number of hydrogen-bond donors (Lipinski definition) is 2. The predicted molar refractivity (Wildman–Crippen MR) is 96.1 cm³/mol. The second-order valence-electron chi connectivity index (χ2n) is 6.15. The van der Waals surface area contributed by atoms with Crippen LogP contribution in [-0.4, -0.2) is 44.2 Å². The van der Waals surface area contributed by atoms with Crippen LogP contribution >= 0.6 is 0 Å². The predicted octanol–water partition coefficient (Wildman–Crippen LogP) is 2.24. The topological polar surface area (TPSA) is 138 Å². The van der Waals surface area contributed by atoms with Crippen LogP contribution in [-0.2, 0) is 14.4 Å². The Morgan fingerprint density at radius 1 is 1.10 bits per heavy atom. The normalized spacial score (nSPS) is 18.1. The highest BCUT2D eigenvalue weighted by molar-refractivity contribution is 6.46. The number of carboxylic acids is 1. The van der Waals surface area contributed by atoms with Crippen LogP contribution in [0.15, 0.2) is 54.1 Å². The van der Waals surface area contributed by atoms with Crippen LogP contribution in [0, 0.1) is 15.9 Å². The molecule has 9 nitrogen and oxygen atoms in total. The van der Waals surface area contributed by atoms with E-state index in [0.29, 0.717) is 4.90 Å². The van der Waals surface area contributed by atoms with E-state index in [0.717, 1.165) is 30.3 Å². The molecule has 1 aliphatic heterocycles. The Morgan fingerprint density at radius 3 is 2.28 bits per heavy atom. The zero-order chi connectivity index (χ0) is 21.3. The van der Waals surface area contributed by atoms with Gasteiger partial charge in [0.25, 0.3) is 17.4 Å². The third kappa shape index (κ3) is 3.55. The lowest BCUT2D eigenvalue weighted by atomic mass is 9.95. The van der Waals surface area contributed by atoms with Crippen LogP contribution in [0.4, 0.5) is 10.1 Å². The molecule has 1 fully saturated rings. The van der Waals surface area contributed by atoms with Crippen LogP contribution < -0.4 is 0 Å². The Balaban J connectivity index is 2.20. The Labute approximate surface area is 162 Å². The summed E-state index contributed by atoms with van der Waals surface area (Å²) in [5, 5.41) is 30.5. The summed E-state index contributed by atoms with van der Waals surface area (Å²) in [5.74, 6) is -5.31. The molecule has 2 N–H and O–H groups in total. The number of hydrogen-bond acceptors (Lipinski definition) is 6. The average molecular weight is 400 g/mol. The van der Waals surface area contributed by atoms with E-state index >= 15 is 0 Å². The van der Waals surface area contributed by atoms with Crippen molar-refractivity contribution in [3.8, 4) is 0 Å². The fourth-order valence-corrected chi connectivity index (χ4v) is 3.11. The van der Waals surface area contributed by atoms with Crippen LogP contribution in [0.3, 0.4) is 0 Å². The van der Waals surface area contributed by atoms with Crippen molar-refractivity contribution in [3.05, 3.63) is 81.2 Å². The van der Waals surface area contributed by atoms with Gasteiger partial charge in [-0.25, -0.2) is 4.39 Å². The minimum Gasteiger partial charge on any atom is -0.507 e. The molecule has 1 saturated heterocycles. The largest absolute Gasteiger partial charge is 0.507 e. The van der Waals surface area contributed by atoms with Crippen molar-refractivity contribution < 1.29 is 33.9 Å². The monoisotopic (exact) mass is 400 g/mol. The number of ketones is 1. The maximum absolute atomic E-state index is 14.4. The fourth-order valence-electron chi connectivity index (χ4n) is 3.11. The molecule has 0 bridgehead atoms. The molecule has 1 heterocycles. The molecule has 0 saturated carbocycles. The number of Topliss-reactive ketones (excluding diaryl/α,β-unsaturated/α-hetero) is 1. The molecule has 0 aliphatic carbocycles. The Bertz CT molecular complexity index is 1060. The van der Waals surface area contributed by atoms with Crippen molar-refractivity contribution in [1.82, 2.24) is 4.90 Å². The number of amides is 1. The van der Waals surface area contributed by atoms with Crippen LogP contribution in [0.25, 0.3) is 5.76 Å². The third-order valence-corrected chi connectivity index (χ3v) is 4.40. The summed E-state index contributed by atoms with van der Waals surface area (Å²) in [5.41, 5.74) is -0.963. The van der Waals surface area contributed by atoms with E-state index in [9.17, 15) is 34.0 Å². The van der Waals surface area contributed by atoms with Gasteiger partial charge in [-0.3, -0.25) is 24.5 Å². The first-order valence-corrected chi connectivity index (χ1v) is 8.21. The number of aliphatic hydroxyl groups is 1. The van der Waals surface area contributed by atoms with E-state index in [4.69, 9.17) is 5.11 Å². The molecule has 2 aromatic carbocycles. The molecule has 0 spiro atoms. The van der Waals surface area contributed by atoms with Crippen LogP contribution in [0.2, 0.25) is 0 Å². The van der Waals surface area contributed by atoms with Gasteiger partial charge in [-0.15, -0.1) is 0 Å². The third-order valence-electron chi connectivity index (χ3n) is 4.40. The highest BCUT2D eigenvalue weighted by Gasteiger charge is 2.47. The van der Waals surface area contributed by atoms with Crippen LogP contribution in [0.5, 0.6) is 0 Å². The second kappa shape index (κ2) is 7.50. The molecular weight excluding hydrogens is 387 g/mol. The van der Waals surface area contributed by atoms with Crippen molar-refractivity contribution in [2.45, 2.75) is 6.04 Å². The van der Waals surface area contributed by atoms with Gasteiger partial charge in [0.05, 0.1) is 16.5 Å². The van der Waals surface area contributed by atoms with Gasteiger partial charge in [-0.2, -0.15) is 0 Å². The minimum atomic E-state index is -1.47. The average Bonchev–Trinajstić information content (AvgIpc) is 2.92. The van der Waals surface area contributed by atoms with E-state index in [-0.39, 0.29) is 16.8 Å². The number of halogens is 1. The fraction of sp³-hybridized carbons (Fsp3) is 0.105. The lowest BCUT2D eigenvalue weighted by molar-refractivity contribution is -0.384. The first-order valence-electron chi connectivity index (χ1n) is 8.21. The Morgan fingerprint density at radius 2 is 1.72 bits per heavy atom. The van der Waals surface area contributed by atoms with Gasteiger partial charge in [-0.05, 0) is 18.2 Å². The van der Waals surface area contributed by atoms with Gasteiger partial charge in [-0.1, -0.05) is 18.2 Å². The molecule has 1 aliphatic rings. The first-order chi connectivity index (χ1) is 13.7. The number of nitro groups is 1. The van der Waals surface area contributed by atoms with Crippen molar-refractivity contribution in [1.29, 1.82) is 0 Å². The Kier molecular flexibility index (Phi) is 5.09. The smallest absolute Gasteiger partial charge is 0.323 e. The number of carbonyl (C=O) groups is 3. The van der Waals surface area contributed by atoms with Gasteiger partial charge in [0.15, 0.2) is 0 Å². The summed E-state index contributed by atoms with van der Waals surface area (Å²) in [6.07, 6.45) is 0. The van der Waals surface area contributed by atoms with E-state index in [1.54, 1.807) is 0 Å². The molecule has 1 amide bonds. The Hall–Kier alpha value is -4.08. The molecule has 1 atom stereocenters. The van der Waals surface area contributed by atoms with E-state index in [1.807, 2.05) is 0 Å². The molecular formula is C19H13FN2O7. The summed E-state index contributed by atoms with van der Waals surface area (Å²) in [6.45, 7) is -0.888. The summed E-state index contributed by atoms with van der Waals surface area (Å²) < 4.78 is 14.4. The quantitative estimate of drug-likeness (QED) is 0.258. The van der Waals surface area contributed by atoms with Crippen molar-refractivity contribution in [2.75, 3.05) is 6.54 Å². The van der Waals surface area contributed by atoms with E-state index in [1.165, 1.54) is 18.2 Å². The molecule has 10 heteroatoms. The summed E-state index contributed by atoms with van der Waals surface area (Å²) in [6, 6.07) is 8.17. The molecule has 2 aromatic rings. The summed E-state index contributed by atoms with van der Waals surface area (Å²) in [7, 11) is 0. The molecule has 148 valence electrons. The van der Waals surface area contributed by atoms with E-state index in [2.05, 4.69) is 0 Å². The van der Waals surface area contributed by atoms with Gasteiger partial charge < -0.3 is 15.1 Å². The number of carbonyl (C=O) groups excluding carboxylic acids is 2. The molecule has 0 aromatic heterocycles. The van der Waals surface area contributed by atoms with Crippen molar-refractivity contribution >= 4 is 29.1 Å².